The van der Waals surface area contributed by atoms with Crippen LogP contribution >= 0.6 is 0 Å². The Morgan fingerprint density at radius 2 is 1.95 bits per heavy atom. The molecule has 21 heavy (non-hydrogen) atoms. The van der Waals surface area contributed by atoms with Crippen molar-refractivity contribution in [2.24, 2.45) is 0 Å². The van der Waals surface area contributed by atoms with Gasteiger partial charge in [-0.3, -0.25) is 4.90 Å². The fourth-order valence-electron chi connectivity index (χ4n) is 2.85. The lowest BCUT2D eigenvalue weighted by Crippen LogP contribution is -2.33. The van der Waals surface area contributed by atoms with Crippen molar-refractivity contribution in [1.29, 1.82) is 0 Å². The monoisotopic (exact) mass is 285 g/mol. The molecule has 1 fully saturated rings. The van der Waals surface area contributed by atoms with Gasteiger partial charge in [-0.1, -0.05) is 48.1 Å². The number of rotatable bonds is 5. The third-order valence-electron chi connectivity index (χ3n) is 4.07. The van der Waals surface area contributed by atoms with E-state index in [0.717, 1.165) is 32.2 Å². The van der Waals surface area contributed by atoms with Crippen molar-refractivity contribution in [3.63, 3.8) is 0 Å². The topological polar surface area (TPSA) is 40.5 Å². The average Bonchev–Trinajstić information content (AvgIpc) is 2.48. The van der Waals surface area contributed by atoms with Crippen LogP contribution in [0.25, 0.3) is 0 Å². The van der Waals surface area contributed by atoms with Crippen LogP contribution in [-0.4, -0.2) is 29.1 Å². The second kappa shape index (κ2) is 7.79. The molecule has 3 nitrogen and oxygen atoms in total. The molecule has 0 amide bonds. The molecule has 1 N–H and O–H groups in total. The Kier molecular flexibility index (Phi) is 5.76. The summed E-state index contributed by atoms with van der Waals surface area (Å²) in [4.78, 5) is 12.9. The number of carbonyl (C=O) groups is 1. The van der Waals surface area contributed by atoms with E-state index in [1.165, 1.54) is 17.2 Å². The van der Waals surface area contributed by atoms with Gasteiger partial charge in [0.25, 0.3) is 0 Å². The lowest BCUT2D eigenvalue weighted by Gasteiger charge is -2.32. The van der Waals surface area contributed by atoms with E-state index in [2.05, 4.69) is 36.2 Å². The highest BCUT2D eigenvalue weighted by Gasteiger charge is 2.20. The zero-order valence-electron chi connectivity index (χ0n) is 12.5. The highest BCUT2D eigenvalue weighted by atomic mass is 16.4. The third kappa shape index (κ3) is 5.20. The summed E-state index contributed by atoms with van der Waals surface area (Å²) in [7, 11) is 2.19. The van der Waals surface area contributed by atoms with Gasteiger partial charge in [0.05, 0.1) is 0 Å². The van der Waals surface area contributed by atoms with E-state index in [9.17, 15) is 4.79 Å². The van der Waals surface area contributed by atoms with Gasteiger partial charge in [-0.25, -0.2) is 4.79 Å². The van der Waals surface area contributed by atoms with Gasteiger partial charge in [-0.05, 0) is 38.3 Å². The minimum atomic E-state index is -0.886. The van der Waals surface area contributed by atoms with Gasteiger partial charge in [-0.15, -0.1) is 0 Å². The fourth-order valence-corrected chi connectivity index (χ4v) is 2.85. The first-order valence-electron chi connectivity index (χ1n) is 7.48. The van der Waals surface area contributed by atoms with Crippen molar-refractivity contribution in [2.45, 2.75) is 38.3 Å². The molecule has 1 saturated carbocycles. The van der Waals surface area contributed by atoms with Crippen molar-refractivity contribution in [3.8, 4) is 0 Å². The molecule has 1 aliphatic carbocycles. The molecule has 0 bridgehead atoms. The SMILES string of the molecule is CN(Cc1ccccc1)C1CCC(=C/C=C/C(=O)O)CC1. The van der Waals surface area contributed by atoms with E-state index in [1.807, 2.05) is 12.1 Å². The molecule has 0 atom stereocenters. The van der Waals surface area contributed by atoms with E-state index in [-0.39, 0.29) is 0 Å². The van der Waals surface area contributed by atoms with Crippen LogP contribution in [0.3, 0.4) is 0 Å². The summed E-state index contributed by atoms with van der Waals surface area (Å²) in [5.41, 5.74) is 2.71. The smallest absolute Gasteiger partial charge is 0.328 e. The maximum Gasteiger partial charge on any atom is 0.328 e. The number of carboxylic acid groups (broad SMARTS) is 1. The van der Waals surface area contributed by atoms with Gasteiger partial charge in [-0.2, -0.15) is 0 Å². The van der Waals surface area contributed by atoms with E-state index >= 15 is 0 Å². The molecular weight excluding hydrogens is 262 g/mol. The Balaban J connectivity index is 1.82. The summed E-state index contributed by atoms with van der Waals surface area (Å²) in [5.74, 6) is -0.886. The van der Waals surface area contributed by atoms with Gasteiger partial charge < -0.3 is 5.11 Å². The quantitative estimate of drug-likeness (QED) is 0.840. The second-order valence-corrected chi connectivity index (χ2v) is 5.65. The number of carboxylic acids is 1. The predicted octanol–water partition coefficient (Wildman–Crippen LogP) is 3.63. The van der Waals surface area contributed by atoms with E-state index in [1.54, 1.807) is 6.08 Å². The molecule has 0 aromatic heterocycles. The van der Waals surface area contributed by atoms with Gasteiger partial charge in [0.2, 0.25) is 0 Å². The minimum absolute atomic E-state index is 0.616. The van der Waals surface area contributed by atoms with E-state index in [0.29, 0.717) is 6.04 Å². The van der Waals surface area contributed by atoms with E-state index in [4.69, 9.17) is 5.11 Å². The van der Waals surface area contributed by atoms with Gasteiger partial charge in [0.15, 0.2) is 0 Å². The van der Waals surface area contributed by atoms with Crippen LogP contribution in [0.15, 0.2) is 54.1 Å². The van der Waals surface area contributed by atoms with Crippen molar-refractivity contribution in [1.82, 2.24) is 4.90 Å². The highest BCUT2D eigenvalue weighted by Crippen LogP contribution is 2.27. The van der Waals surface area contributed by atoms with Crippen LogP contribution in [-0.2, 0) is 11.3 Å². The third-order valence-corrected chi connectivity index (χ3v) is 4.07. The summed E-state index contributed by atoms with van der Waals surface area (Å²) in [6.45, 7) is 0.990. The molecule has 1 aromatic carbocycles. The molecular formula is C18H23NO2. The Hall–Kier alpha value is -1.87. The molecule has 3 heteroatoms. The summed E-state index contributed by atoms with van der Waals surface area (Å²) < 4.78 is 0. The molecule has 112 valence electrons. The number of benzene rings is 1. The van der Waals surface area contributed by atoms with Gasteiger partial charge in [0.1, 0.15) is 0 Å². The average molecular weight is 285 g/mol. The highest BCUT2D eigenvalue weighted by molar-refractivity contribution is 5.80. The maximum atomic E-state index is 10.4. The number of hydrogen-bond acceptors (Lipinski definition) is 2. The normalized spacial score (nSPS) is 19.1. The molecule has 1 aromatic rings. The van der Waals surface area contributed by atoms with Crippen LogP contribution in [0, 0.1) is 0 Å². The van der Waals surface area contributed by atoms with Crippen LogP contribution in [0.4, 0.5) is 0 Å². The van der Waals surface area contributed by atoms with Crippen LogP contribution in [0.2, 0.25) is 0 Å². The van der Waals surface area contributed by atoms with Crippen LogP contribution in [0.1, 0.15) is 31.2 Å². The number of allylic oxidation sites excluding steroid dienone is 3. The molecule has 0 saturated heterocycles. The molecule has 0 unspecified atom stereocenters. The summed E-state index contributed by atoms with van der Waals surface area (Å²) in [6.07, 6.45) is 9.22. The lowest BCUT2D eigenvalue weighted by molar-refractivity contribution is -0.131. The van der Waals surface area contributed by atoms with E-state index < -0.39 is 5.97 Å². The summed E-state index contributed by atoms with van der Waals surface area (Å²) >= 11 is 0. The Morgan fingerprint density at radius 1 is 1.29 bits per heavy atom. The first-order chi connectivity index (χ1) is 10.1. The number of aliphatic carboxylic acids is 1. The maximum absolute atomic E-state index is 10.4. The first kappa shape index (κ1) is 15.5. The number of hydrogen-bond donors (Lipinski definition) is 1. The predicted molar refractivity (Wildman–Crippen MR) is 85.0 cm³/mol. The van der Waals surface area contributed by atoms with Crippen molar-refractivity contribution < 1.29 is 9.90 Å². The van der Waals surface area contributed by atoms with Crippen molar-refractivity contribution in [2.75, 3.05) is 7.05 Å². The molecule has 0 heterocycles. The standard InChI is InChI=1S/C18H23NO2/c1-19(14-16-6-3-2-4-7-16)17-12-10-15(11-13-17)8-5-9-18(20)21/h2-9,17H,10-14H2,1H3,(H,20,21)/b9-5+,15-8?. The molecule has 0 aliphatic heterocycles. The molecule has 0 spiro atoms. The minimum Gasteiger partial charge on any atom is -0.478 e. The largest absolute Gasteiger partial charge is 0.478 e. The van der Waals surface area contributed by atoms with Crippen molar-refractivity contribution >= 4 is 5.97 Å². The molecule has 1 aliphatic rings. The first-order valence-corrected chi connectivity index (χ1v) is 7.48. The Bertz CT molecular complexity index is 509. The van der Waals surface area contributed by atoms with Gasteiger partial charge in [0, 0.05) is 18.7 Å². The second-order valence-electron chi connectivity index (χ2n) is 5.65. The summed E-state index contributed by atoms with van der Waals surface area (Å²) in [6, 6.07) is 11.2. The summed E-state index contributed by atoms with van der Waals surface area (Å²) in [5, 5.41) is 8.58. The fraction of sp³-hybridized carbons (Fsp3) is 0.389. The molecule has 0 radical (unpaired) electrons. The molecule has 2 rings (SSSR count). The Labute approximate surface area is 126 Å². The number of nitrogens with zero attached hydrogens (tertiary/aromatic N) is 1. The zero-order chi connectivity index (χ0) is 15.1. The van der Waals surface area contributed by atoms with Crippen molar-refractivity contribution in [3.05, 3.63) is 59.7 Å². The van der Waals surface area contributed by atoms with Crippen LogP contribution in [0.5, 0.6) is 0 Å². The zero-order valence-corrected chi connectivity index (χ0v) is 12.5. The van der Waals surface area contributed by atoms with Crippen LogP contribution < -0.4 is 0 Å². The Morgan fingerprint density at radius 3 is 2.57 bits per heavy atom. The van der Waals surface area contributed by atoms with Gasteiger partial charge >= 0.3 is 5.97 Å². The lowest BCUT2D eigenvalue weighted by atomic mass is 9.89.